The molecule has 0 aliphatic carbocycles. The molecule has 0 amide bonds. The standard InChI is InChI=1S/C14H17N3/c1-2-6-12(15)14-16-10-9-13(17-14)11-7-4-3-5-8-11/h3-5,7-10,12H,2,6,15H2,1H3. The van der Waals surface area contributed by atoms with E-state index in [0.29, 0.717) is 0 Å². The molecular weight excluding hydrogens is 210 g/mol. The Bertz CT molecular complexity index is 468. The van der Waals surface area contributed by atoms with Crippen molar-refractivity contribution in [3.05, 3.63) is 48.4 Å². The van der Waals surface area contributed by atoms with Crippen molar-refractivity contribution in [1.82, 2.24) is 9.97 Å². The van der Waals surface area contributed by atoms with Crippen molar-refractivity contribution < 1.29 is 0 Å². The molecule has 0 saturated carbocycles. The first-order valence-corrected chi connectivity index (χ1v) is 5.95. The lowest BCUT2D eigenvalue weighted by Gasteiger charge is -2.09. The summed E-state index contributed by atoms with van der Waals surface area (Å²) in [4.78, 5) is 8.77. The molecule has 1 aromatic heterocycles. The van der Waals surface area contributed by atoms with E-state index in [1.165, 1.54) is 0 Å². The van der Waals surface area contributed by atoms with Gasteiger partial charge in [-0.05, 0) is 12.5 Å². The fourth-order valence-electron chi connectivity index (χ4n) is 1.76. The second-order valence-electron chi connectivity index (χ2n) is 4.06. The predicted molar refractivity (Wildman–Crippen MR) is 69.3 cm³/mol. The highest BCUT2D eigenvalue weighted by Crippen LogP contribution is 2.18. The van der Waals surface area contributed by atoms with Gasteiger partial charge >= 0.3 is 0 Å². The van der Waals surface area contributed by atoms with Crippen molar-refractivity contribution in [3.63, 3.8) is 0 Å². The Hall–Kier alpha value is -1.74. The Balaban J connectivity index is 2.29. The summed E-state index contributed by atoms with van der Waals surface area (Å²) in [6.07, 6.45) is 3.73. The Kier molecular flexibility index (Phi) is 3.83. The van der Waals surface area contributed by atoms with Crippen LogP contribution >= 0.6 is 0 Å². The fraction of sp³-hybridized carbons (Fsp3) is 0.286. The van der Waals surface area contributed by atoms with Gasteiger partial charge in [0.25, 0.3) is 0 Å². The maximum absolute atomic E-state index is 6.03. The molecule has 2 rings (SSSR count). The van der Waals surface area contributed by atoms with Gasteiger partial charge in [0.1, 0.15) is 5.82 Å². The lowest BCUT2D eigenvalue weighted by atomic mass is 10.1. The van der Waals surface area contributed by atoms with Crippen molar-refractivity contribution >= 4 is 0 Å². The summed E-state index contributed by atoms with van der Waals surface area (Å²) in [6, 6.07) is 11.9. The third-order valence-electron chi connectivity index (χ3n) is 2.68. The van der Waals surface area contributed by atoms with Crippen LogP contribution in [0.25, 0.3) is 11.3 Å². The molecule has 0 radical (unpaired) electrons. The van der Waals surface area contributed by atoms with Crippen LogP contribution in [0.3, 0.4) is 0 Å². The second kappa shape index (κ2) is 5.55. The molecule has 0 aliphatic heterocycles. The largest absolute Gasteiger partial charge is 0.321 e. The third kappa shape index (κ3) is 2.88. The quantitative estimate of drug-likeness (QED) is 0.873. The van der Waals surface area contributed by atoms with Crippen LogP contribution in [0.15, 0.2) is 42.6 Å². The van der Waals surface area contributed by atoms with E-state index in [-0.39, 0.29) is 6.04 Å². The predicted octanol–water partition coefficient (Wildman–Crippen LogP) is 2.94. The summed E-state index contributed by atoms with van der Waals surface area (Å²) in [5, 5.41) is 0. The SMILES string of the molecule is CCCC(N)c1nccc(-c2ccccc2)n1. The summed E-state index contributed by atoms with van der Waals surface area (Å²) in [6.45, 7) is 2.11. The Morgan fingerprint density at radius 2 is 1.94 bits per heavy atom. The van der Waals surface area contributed by atoms with Gasteiger partial charge in [-0.2, -0.15) is 0 Å². The molecule has 2 N–H and O–H groups in total. The Labute approximate surface area is 102 Å². The van der Waals surface area contributed by atoms with Gasteiger partial charge in [-0.3, -0.25) is 0 Å². The van der Waals surface area contributed by atoms with Gasteiger partial charge in [0, 0.05) is 11.8 Å². The normalized spacial score (nSPS) is 12.4. The van der Waals surface area contributed by atoms with Crippen LogP contribution in [-0.2, 0) is 0 Å². The number of hydrogen-bond acceptors (Lipinski definition) is 3. The number of aromatic nitrogens is 2. The summed E-state index contributed by atoms with van der Waals surface area (Å²) < 4.78 is 0. The number of rotatable bonds is 4. The lowest BCUT2D eigenvalue weighted by molar-refractivity contribution is 0.602. The van der Waals surface area contributed by atoms with Gasteiger partial charge in [-0.15, -0.1) is 0 Å². The first-order chi connectivity index (χ1) is 8.31. The van der Waals surface area contributed by atoms with Crippen LogP contribution in [0.1, 0.15) is 31.6 Å². The molecule has 2 aromatic rings. The van der Waals surface area contributed by atoms with Crippen LogP contribution in [-0.4, -0.2) is 9.97 Å². The highest BCUT2D eigenvalue weighted by Gasteiger charge is 2.09. The maximum Gasteiger partial charge on any atom is 0.145 e. The molecule has 17 heavy (non-hydrogen) atoms. The first-order valence-electron chi connectivity index (χ1n) is 5.95. The number of nitrogens with zero attached hydrogens (tertiary/aromatic N) is 2. The van der Waals surface area contributed by atoms with Crippen LogP contribution in [0.5, 0.6) is 0 Å². The molecule has 0 saturated heterocycles. The molecule has 1 heterocycles. The minimum Gasteiger partial charge on any atom is -0.321 e. The molecule has 1 aromatic carbocycles. The average Bonchev–Trinajstić information content (AvgIpc) is 2.40. The molecule has 0 aliphatic rings. The monoisotopic (exact) mass is 227 g/mol. The van der Waals surface area contributed by atoms with Gasteiger partial charge in [0.05, 0.1) is 11.7 Å². The Morgan fingerprint density at radius 1 is 1.18 bits per heavy atom. The van der Waals surface area contributed by atoms with Crippen LogP contribution < -0.4 is 5.73 Å². The van der Waals surface area contributed by atoms with Crippen LogP contribution in [0.2, 0.25) is 0 Å². The summed E-state index contributed by atoms with van der Waals surface area (Å²) in [5.41, 5.74) is 8.06. The van der Waals surface area contributed by atoms with E-state index in [1.54, 1.807) is 6.20 Å². The van der Waals surface area contributed by atoms with Crippen molar-refractivity contribution in [2.45, 2.75) is 25.8 Å². The third-order valence-corrected chi connectivity index (χ3v) is 2.68. The number of nitrogens with two attached hydrogens (primary N) is 1. The van der Waals surface area contributed by atoms with Crippen molar-refractivity contribution in [1.29, 1.82) is 0 Å². The molecule has 88 valence electrons. The van der Waals surface area contributed by atoms with Gasteiger partial charge in [0.2, 0.25) is 0 Å². The zero-order chi connectivity index (χ0) is 12.1. The minimum atomic E-state index is -0.0661. The smallest absolute Gasteiger partial charge is 0.145 e. The molecular formula is C14H17N3. The summed E-state index contributed by atoms with van der Waals surface area (Å²) >= 11 is 0. The second-order valence-corrected chi connectivity index (χ2v) is 4.06. The van der Waals surface area contributed by atoms with E-state index in [1.807, 2.05) is 36.4 Å². The average molecular weight is 227 g/mol. The number of hydrogen-bond donors (Lipinski definition) is 1. The summed E-state index contributed by atoms with van der Waals surface area (Å²) in [7, 11) is 0. The van der Waals surface area contributed by atoms with Crippen molar-refractivity contribution in [3.8, 4) is 11.3 Å². The molecule has 1 atom stereocenters. The summed E-state index contributed by atoms with van der Waals surface area (Å²) in [5.74, 6) is 0.730. The zero-order valence-electron chi connectivity index (χ0n) is 10.0. The fourth-order valence-corrected chi connectivity index (χ4v) is 1.76. The van der Waals surface area contributed by atoms with E-state index < -0.39 is 0 Å². The lowest BCUT2D eigenvalue weighted by Crippen LogP contribution is -2.13. The zero-order valence-corrected chi connectivity index (χ0v) is 10.0. The molecule has 1 unspecified atom stereocenters. The Morgan fingerprint density at radius 3 is 2.65 bits per heavy atom. The molecule has 0 bridgehead atoms. The van der Waals surface area contributed by atoms with Gasteiger partial charge < -0.3 is 5.73 Å². The minimum absolute atomic E-state index is 0.0661. The molecule has 0 fully saturated rings. The maximum atomic E-state index is 6.03. The topological polar surface area (TPSA) is 51.8 Å². The van der Waals surface area contributed by atoms with Crippen LogP contribution in [0.4, 0.5) is 0 Å². The van der Waals surface area contributed by atoms with Crippen LogP contribution in [0, 0.1) is 0 Å². The van der Waals surface area contributed by atoms with E-state index in [9.17, 15) is 0 Å². The highest BCUT2D eigenvalue weighted by molar-refractivity contribution is 5.58. The van der Waals surface area contributed by atoms with Gasteiger partial charge in [-0.25, -0.2) is 9.97 Å². The van der Waals surface area contributed by atoms with Crippen molar-refractivity contribution in [2.24, 2.45) is 5.73 Å². The van der Waals surface area contributed by atoms with E-state index in [0.717, 1.165) is 29.9 Å². The first kappa shape index (κ1) is 11.7. The molecule has 3 heteroatoms. The highest BCUT2D eigenvalue weighted by atomic mass is 14.9. The van der Waals surface area contributed by atoms with E-state index in [4.69, 9.17) is 5.73 Å². The van der Waals surface area contributed by atoms with Crippen molar-refractivity contribution in [2.75, 3.05) is 0 Å². The van der Waals surface area contributed by atoms with E-state index >= 15 is 0 Å². The van der Waals surface area contributed by atoms with Gasteiger partial charge in [0.15, 0.2) is 0 Å². The molecule has 3 nitrogen and oxygen atoms in total. The van der Waals surface area contributed by atoms with E-state index in [2.05, 4.69) is 16.9 Å². The number of benzene rings is 1. The van der Waals surface area contributed by atoms with Gasteiger partial charge in [-0.1, -0.05) is 43.7 Å². The molecule has 0 spiro atoms.